The molecule has 3 aliphatic heterocycles. The van der Waals surface area contributed by atoms with E-state index in [1.807, 2.05) is 0 Å². The van der Waals surface area contributed by atoms with Crippen LogP contribution >= 0.6 is 0 Å². The van der Waals surface area contributed by atoms with Crippen LogP contribution < -0.4 is 0 Å². The Morgan fingerprint density at radius 1 is 1.00 bits per heavy atom. The average Bonchev–Trinajstić information content (AvgIpc) is 2.16. The molecule has 3 heterocycles. The van der Waals surface area contributed by atoms with Crippen molar-refractivity contribution in [1.29, 1.82) is 0 Å². The molecule has 3 rings (SSSR count). The molecule has 2 heteroatoms. The van der Waals surface area contributed by atoms with E-state index in [9.17, 15) is 0 Å². The van der Waals surface area contributed by atoms with Crippen LogP contribution in [-0.2, 0) is 0 Å². The van der Waals surface area contributed by atoms with Crippen molar-refractivity contribution in [1.82, 2.24) is 9.80 Å². The molecule has 2 unspecified atom stereocenters. The Morgan fingerprint density at radius 2 is 1.82 bits per heavy atom. The maximum atomic E-state index is 2.54. The lowest BCUT2D eigenvalue weighted by Crippen LogP contribution is -2.40. The predicted molar refractivity (Wildman–Crippen MR) is 46.6 cm³/mol. The first-order valence-electron chi connectivity index (χ1n) is 4.64. The van der Waals surface area contributed by atoms with Gasteiger partial charge in [0.1, 0.15) is 0 Å². The summed E-state index contributed by atoms with van der Waals surface area (Å²) < 4.78 is 0. The Hall–Kier alpha value is -0.0800. The fourth-order valence-corrected chi connectivity index (χ4v) is 2.55. The Labute approximate surface area is 69.2 Å². The zero-order valence-electron chi connectivity index (χ0n) is 7.58. The third-order valence-corrected chi connectivity index (χ3v) is 3.17. The molecule has 0 saturated carbocycles. The number of piperidine rings is 1. The highest BCUT2D eigenvalue weighted by molar-refractivity contribution is 4.86. The molecule has 0 radical (unpaired) electrons. The van der Waals surface area contributed by atoms with Crippen LogP contribution in [0.2, 0.25) is 0 Å². The molecule has 3 saturated heterocycles. The van der Waals surface area contributed by atoms with Gasteiger partial charge in [0.2, 0.25) is 0 Å². The van der Waals surface area contributed by atoms with E-state index in [2.05, 4.69) is 23.9 Å². The lowest BCUT2D eigenvalue weighted by Gasteiger charge is -2.32. The summed E-state index contributed by atoms with van der Waals surface area (Å²) in [6, 6.07) is 0.846. The van der Waals surface area contributed by atoms with Crippen molar-refractivity contribution in [3.05, 3.63) is 0 Å². The second-order valence-corrected chi connectivity index (χ2v) is 4.26. The van der Waals surface area contributed by atoms with Gasteiger partial charge in [-0.2, -0.15) is 0 Å². The van der Waals surface area contributed by atoms with Crippen molar-refractivity contribution < 1.29 is 0 Å². The molecule has 0 aromatic heterocycles. The maximum Gasteiger partial charge on any atom is 0.0220 e. The molecule has 2 bridgehead atoms. The second kappa shape index (κ2) is 2.76. The van der Waals surface area contributed by atoms with Crippen LogP contribution in [0.1, 0.15) is 12.8 Å². The molecule has 0 N–H and O–H groups in total. The van der Waals surface area contributed by atoms with Gasteiger partial charge < -0.3 is 9.80 Å². The van der Waals surface area contributed by atoms with Gasteiger partial charge in [0.25, 0.3) is 0 Å². The molecule has 0 aromatic rings. The lowest BCUT2D eigenvalue weighted by molar-refractivity contribution is 0.166. The van der Waals surface area contributed by atoms with Gasteiger partial charge >= 0.3 is 0 Å². The first-order valence-corrected chi connectivity index (χ1v) is 4.64. The van der Waals surface area contributed by atoms with Crippen molar-refractivity contribution in [3.8, 4) is 0 Å². The highest BCUT2D eigenvalue weighted by Crippen LogP contribution is 2.25. The summed E-state index contributed by atoms with van der Waals surface area (Å²) in [6.45, 7) is 3.93. The summed E-state index contributed by atoms with van der Waals surface area (Å²) in [7, 11) is 4.53. The molecule has 2 nitrogen and oxygen atoms in total. The molecule has 3 fully saturated rings. The Kier molecular flexibility index (Phi) is 1.90. The molecule has 64 valence electrons. The van der Waals surface area contributed by atoms with Crippen LogP contribution in [0.3, 0.4) is 0 Å². The van der Waals surface area contributed by atoms with Gasteiger partial charge in [-0.3, -0.25) is 0 Å². The first kappa shape index (κ1) is 7.56. The zero-order valence-corrected chi connectivity index (χ0v) is 7.58. The predicted octanol–water partition coefficient (Wildman–Crippen LogP) is 0.642. The Morgan fingerprint density at radius 3 is 2.55 bits per heavy atom. The SMILES string of the molecule is CN1CC2CCC(C1)N(C)C2. The van der Waals surface area contributed by atoms with Crippen LogP contribution in [0.25, 0.3) is 0 Å². The molecular weight excluding hydrogens is 136 g/mol. The summed E-state index contributed by atoms with van der Waals surface area (Å²) in [5.74, 6) is 0.948. The fourth-order valence-electron chi connectivity index (χ4n) is 2.55. The molecule has 11 heavy (non-hydrogen) atoms. The summed E-state index contributed by atoms with van der Waals surface area (Å²) in [4.78, 5) is 5.03. The minimum Gasteiger partial charge on any atom is -0.304 e. The number of hydrogen-bond acceptors (Lipinski definition) is 2. The summed E-state index contributed by atoms with van der Waals surface area (Å²) in [5.41, 5.74) is 0. The third-order valence-electron chi connectivity index (χ3n) is 3.17. The number of likely N-dealkylation sites (N-methyl/N-ethyl adjacent to an activating group) is 2. The number of nitrogens with zero attached hydrogens (tertiary/aromatic N) is 2. The number of fused-ring (bicyclic) bond motifs is 4. The standard InChI is InChI=1S/C9H18N2/c1-10-5-8-3-4-9(7-10)11(2)6-8/h8-9H,3-7H2,1-2H3. The van der Waals surface area contributed by atoms with E-state index in [-0.39, 0.29) is 0 Å². The smallest absolute Gasteiger partial charge is 0.0220 e. The van der Waals surface area contributed by atoms with Gasteiger partial charge in [0.15, 0.2) is 0 Å². The molecule has 0 aromatic carbocycles. The summed E-state index contributed by atoms with van der Waals surface area (Å²) in [5, 5.41) is 0. The van der Waals surface area contributed by atoms with E-state index in [0.717, 1.165) is 12.0 Å². The van der Waals surface area contributed by atoms with Crippen LogP contribution in [0.15, 0.2) is 0 Å². The topological polar surface area (TPSA) is 6.48 Å². The van der Waals surface area contributed by atoms with Crippen LogP contribution in [0.4, 0.5) is 0 Å². The van der Waals surface area contributed by atoms with Gasteiger partial charge in [-0.1, -0.05) is 0 Å². The molecule has 0 amide bonds. The van der Waals surface area contributed by atoms with E-state index in [4.69, 9.17) is 0 Å². The number of hydrogen-bond donors (Lipinski definition) is 0. The van der Waals surface area contributed by atoms with Crippen LogP contribution in [0, 0.1) is 5.92 Å². The van der Waals surface area contributed by atoms with Gasteiger partial charge in [0.05, 0.1) is 0 Å². The van der Waals surface area contributed by atoms with E-state index in [1.165, 1.54) is 32.5 Å². The van der Waals surface area contributed by atoms with Crippen LogP contribution in [-0.4, -0.2) is 49.6 Å². The maximum absolute atomic E-state index is 2.54. The van der Waals surface area contributed by atoms with Gasteiger partial charge in [-0.15, -0.1) is 0 Å². The highest BCUT2D eigenvalue weighted by atomic mass is 15.2. The highest BCUT2D eigenvalue weighted by Gasteiger charge is 2.30. The lowest BCUT2D eigenvalue weighted by atomic mass is 9.96. The second-order valence-electron chi connectivity index (χ2n) is 4.26. The monoisotopic (exact) mass is 154 g/mol. The largest absolute Gasteiger partial charge is 0.304 e. The van der Waals surface area contributed by atoms with Gasteiger partial charge in [-0.25, -0.2) is 0 Å². The Balaban J connectivity index is 2.10. The third kappa shape index (κ3) is 1.42. The molecule has 2 atom stereocenters. The molecule has 0 spiro atoms. The minimum atomic E-state index is 0.846. The van der Waals surface area contributed by atoms with Crippen molar-refractivity contribution >= 4 is 0 Å². The van der Waals surface area contributed by atoms with E-state index in [1.54, 1.807) is 0 Å². The quantitative estimate of drug-likeness (QED) is 0.505. The fraction of sp³-hybridized carbons (Fsp3) is 1.00. The van der Waals surface area contributed by atoms with E-state index >= 15 is 0 Å². The normalized spacial score (nSPS) is 40.9. The van der Waals surface area contributed by atoms with Crippen molar-refractivity contribution in [2.24, 2.45) is 5.92 Å². The summed E-state index contributed by atoms with van der Waals surface area (Å²) in [6.07, 6.45) is 2.88. The Bertz CT molecular complexity index is 144. The average molecular weight is 154 g/mol. The van der Waals surface area contributed by atoms with E-state index < -0.39 is 0 Å². The van der Waals surface area contributed by atoms with Gasteiger partial charge in [0, 0.05) is 25.7 Å². The summed E-state index contributed by atoms with van der Waals surface area (Å²) >= 11 is 0. The molecule has 0 aliphatic carbocycles. The van der Waals surface area contributed by atoms with Crippen molar-refractivity contribution in [3.63, 3.8) is 0 Å². The number of rotatable bonds is 0. The molecular formula is C9H18N2. The first-order chi connectivity index (χ1) is 5.25. The minimum absolute atomic E-state index is 0.846. The molecule has 3 aliphatic rings. The van der Waals surface area contributed by atoms with Gasteiger partial charge in [-0.05, 0) is 32.9 Å². The van der Waals surface area contributed by atoms with Crippen LogP contribution in [0.5, 0.6) is 0 Å². The van der Waals surface area contributed by atoms with Crippen molar-refractivity contribution in [2.45, 2.75) is 18.9 Å². The van der Waals surface area contributed by atoms with E-state index in [0.29, 0.717) is 0 Å². The van der Waals surface area contributed by atoms with Crippen molar-refractivity contribution in [2.75, 3.05) is 33.7 Å². The zero-order chi connectivity index (χ0) is 7.84.